The molecule has 0 spiro atoms. The Labute approximate surface area is 195 Å². The summed E-state index contributed by atoms with van der Waals surface area (Å²) < 4.78 is 29.2. The lowest BCUT2D eigenvalue weighted by molar-refractivity contribution is -0.138. The van der Waals surface area contributed by atoms with Crippen LogP contribution in [0.4, 0.5) is 8.78 Å². The lowest BCUT2D eigenvalue weighted by Gasteiger charge is -2.27. The Balaban J connectivity index is 1.38. The van der Waals surface area contributed by atoms with Crippen LogP contribution in [-0.4, -0.2) is 50.9 Å². The molecule has 1 saturated heterocycles. The Hall–Kier alpha value is -3.62. The molecule has 5 rings (SSSR count). The molecule has 1 aromatic heterocycles. The zero-order valence-electron chi connectivity index (χ0n) is 18.5. The minimum absolute atomic E-state index is 0.0804. The standard InChI is InChI=1S/C25H25F2N5O2/c26-18-11-22(32(14-18)23(33)12-19-13-28-31-30-19)25(34)29-24(16-4-2-1-3-5-16)17-8-9-20(15-6-7-15)21(27)10-17/h1-5,8-10,13,15,18,22,24H,6-7,11-12,14H2,(H,29,34)(H,28,30,31). The van der Waals surface area contributed by atoms with Crippen molar-refractivity contribution in [2.45, 2.75) is 49.9 Å². The highest BCUT2D eigenvalue weighted by Crippen LogP contribution is 2.42. The minimum Gasteiger partial charge on any atom is -0.343 e. The third-order valence-corrected chi connectivity index (χ3v) is 6.46. The average molecular weight is 466 g/mol. The highest BCUT2D eigenvalue weighted by molar-refractivity contribution is 5.89. The number of nitrogens with one attached hydrogen (secondary N) is 2. The van der Waals surface area contributed by atoms with Crippen LogP contribution < -0.4 is 5.32 Å². The molecule has 7 nitrogen and oxygen atoms in total. The second-order valence-electron chi connectivity index (χ2n) is 8.94. The molecule has 3 atom stereocenters. The lowest BCUT2D eigenvalue weighted by atomic mass is 9.96. The van der Waals surface area contributed by atoms with Gasteiger partial charge in [0.2, 0.25) is 11.8 Å². The van der Waals surface area contributed by atoms with Gasteiger partial charge in [-0.05, 0) is 41.5 Å². The molecular weight excluding hydrogens is 440 g/mol. The van der Waals surface area contributed by atoms with Crippen molar-refractivity contribution in [1.29, 1.82) is 0 Å². The molecule has 2 aromatic carbocycles. The van der Waals surface area contributed by atoms with Crippen LogP contribution in [0.15, 0.2) is 54.7 Å². The van der Waals surface area contributed by atoms with Gasteiger partial charge in [-0.2, -0.15) is 15.4 Å². The number of H-pyrrole nitrogens is 1. The van der Waals surface area contributed by atoms with E-state index in [-0.39, 0.29) is 31.1 Å². The molecule has 2 amide bonds. The van der Waals surface area contributed by atoms with Gasteiger partial charge in [-0.1, -0.05) is 42.5 Å². The lowest BCUT2D eigenvalue weighted by Crippen LogP contribution is -2.47. The van der Waals surface area contributed by atoms with E-state index in [9.17, 15) is 18.4 Å². The monoisotopic (exact) mass is 465 g/mol. The van der Waals surface area contributed by atoms with Gasteiger partial charge < -0.3 is 10.2 Å². The molecule has 1 aliphatic heterocycles. The maximum Gasteiger partial charge on any atom is 0.243 e. The topological polar surface area (TPSA) is 91.0 Å². The van der Waals surface area contributed by atoms with Gasteiger partial charge in [0.1, 0.15) is 18.0 Å². The van der Waals surface area contributed by atoms with E-state index in [2.05, 4.69) is 20.7 Å². The van der Waals surface area contributed by atoms with Gasteiger partial charge in [-0.25, -0.2) is 8.78 Å². The normalized spacial score (nSPS) is 20.8. The fourth-order valence-corrected chi connectivity index (χ4v) is 4.57. The second-order valence-corrected chi connectivity index (χ2v) is 8.94. The van der Waals surface area contributed by atoms with E-state index in [1.807, 2.05) is 36.4 Å². The van der Waals surface area contributed by atoms with E-state index >= 15 is 0 Å². The first-order valence-electron chi connectivity index (χ1n) is 11.4. The van der Waals surface area contributed by atoms with Gasteiger partial charge in [0.05, 0.1) is 30.9 Å². The maximum absolute atomic E-state index is 14.8. The van der Waals surface area contributed by atoms with Gasteiger partial charge in [-0.3, -0.25) is 9.59 Å². The van der Waals surface area contributed by atoms with Crippen LogP contribution in [-0.2, 0) is 16.0 Å². The molecule has 2 fully saturated rings. The summed E-state index contributed by atoms with van der Waals surface area (Å²) in [6.45, 7) is -0.157. The Morgan fingerprint density at radius 3 is 2.62 bits per heavy atom. The summed E-state index contributed by atoms with van der Waals surface area (Å²) in [5, 5.41) is 12.9. The first-order chi connectivity index (χ1) is 16.5. The summed E-state index contributed by atoms with van der Waals surface area (Å²) in [6, 6.07) is 12.7. The van der Waals surface area contributed by atoms with Gasteiger partial charge in [-0.15, -0.1) is 0 Å². The third kappa shape index (κ3) is 4.69. The van der Waals surface area contributed by atoms with Crippen molar-refractivity contribution >= 4 is 11.8 Å². The number of rotatable bonds is 7. The zero-order chi connectivity index (χ0) is 23.7. The number of hydrogen-bond donors (Lipinski definition) is 2. The van der Waals surface area contributed by atoms with Crippen molar-refractivity contribution in [3.05, 3.63) is 82.9 Å². The van der Waals surface area contributed by atoms with Crippen LogP contribution in [0, 0.1) is 5.82 Å². The molecule has 34 heavy (non-hydrogen) atoms. The van der Waals surface area contributed by atoms with Crippen molar-refractivity contribution in [1.82, 2.24) is 25.6 Å². The molecule has 2 N–H and O–H groups in total. The first kappa shape index (κ1) is 22.2. The summed E-state index contributed by atoms with van der Waals surface area (Å²) >= 11 is 0. The smallest absolute Gasteiger partial charge is 0.243 e. The molecule has 3 unspecified atom stereocenters. The Kier molecular flexibility index (Phi) is 6.08. The zero-order valence-corrected chi connectivity index (χ0v) is 18.5. The highest BCUT2D eigenvalue weighted by Gasteiger charge is 2.40. The fourth-order valence-electron chi connectivity index (χ4n) is 4.57. The van der Waals surface area contributed by atoms with E-state index in [4.69, 9.17) is 0 Å². The van der Waals surface area contributed by atoms with E-state index < -0.39 is 30.1 Å². The number of likely N-dealkylation sites (tertiary alicyclic amines) is 1. The van der Waals surface area contributed by atoms with Crippen molar-refractivity contribution in [3.63, 3.8) is 0 Å². The van der Waals surface area contributed by atoms with E-state index in [1.54, 1.807) is 6.07 Å². The molecule has 1 aliphatic carbocycles. The maximum atomic E-state index is 14.8. The van der Waals surface area contributed by atoms with Crippen LogP contribution in [0.5, 0.6) is 0 Å². The molecule has 176 valence electrons. The number of alkyl halides is 1. The van der Waals surface area contributed by atoms with Crippen molar-refractivity contribution in [3.8, 4) is 0 Å². The predicted molar refractivity (Wildman–Crippen MR) is 120 cm³/mol. The van der Waals surface area contributed by atoms with Crippen molar-refractivity contribution < 1.29 is 18.4 Å². The molecule has 0 radical (unpaired) electrons. The third-order valence-electron chi connectivity index (χ3n) is 6.46. The number of halogens is 2. The number of amides is 2. The number of nitrogens with zero attached hydrogens (tertiary/aromatic N) is 3. The number of carbonyl (C=O) groups is 2. The SMILES string of the molecule is O=C(NC(c1ccccc1)c1ccc(C2CC2)c(F)c1)C1CC(F)CN1C(=O)Cc1cn[nH]n1. The van der Waals surface area contributed by atoms with Crippen LogP contribution in [0.3, 0.4) is 0 Å². The van der Waals surface area contributed by atoms with Gasteiger partial charge >= 0.3 is 0 Å². The largest absolute Gasteiger partial charge is 0.343 e. The summed E-state index contributed by atoms with van der Waals surface area (Å²) in [7, 11) is 0. The minimum atomic E-state index is -1.30. The van der Waals surface area contributed by atoms with Gasteiger partial charge in [0.25, 0.3) is 0 Å². The number of carbonyl (C=O) groups excluding carboxylic acids is 2. The van der Waals surface area contributed by atoms with Crippen molar-refractivity contribution in [2.75, 3.05) is 6.54 Å². The van der Waals surface area contributed by atoms with Crippen LogP contribution in [0.2, 0.25) is 0 Å². The molecule has 9 heteroatoms. The average Bonchev–Trinajstić information content (AvgIpc) is 3.40. The van der Waals surface area contributed by atoms with E-state index in [1.165, 1.54) is 17.2 Å². The summed E-state index contributed by atoms with van der Waals surface area (Å²) in [6.07, 6.45) is 1.91. The summed E-state index contributed by atoms with van der Waals surface area (Å²) in [5.41, 5.74) is 2.48. The molecule has 2 heterocycles. The Morgan fingerprint density at radius 1 is 1.15 bits per heavy atom. The van der Waals surface area contributed by atoms with Crippen LogP contribution >= 0.6 is 0 Å². The molecule has 0 bridgehead atoms. The van der Waals surface area contributed by atoms with E-state index in [0.717, 1.165) is 18.4 Å². The number of benzene rings is 2. The van der Waals surface area contributed by atoms with E-state index in [0.29, 0.717) is 16.8 Å². The Morgan fingerprint density at radius 2 is 1.94 bits per heavy atom. The van der Waals surface area contributed by atoms with Crippen LogP contribution in [0.1, 0.15) is 53.6 Å². The molecular formula is C25H25F2N5O2. The van der Waals surface area contributed by atoms with Crippen LogP contribution in [0.25, 0.3) is 0 Å². The van der Waals surface area contributed by atoms with Crippen molar-refractivity contribution in [2.24, 2.45) is 0 Å². The number of hydrogen-bond acceptors (Lipinski definition) is 4. The highest BCUT2D eigenvalue weighted by atomic mass is 19.1. The van der Waals surface area contributed by atoms with Gasteiger partial charge in [0.15, 0.2) is 0 Å². The predicted octanol–water partition coefficient (Wildman–Crippen LogP) is 3.21. The quantitative estimate of drug-likeness (QED) is 0.561. The number of aromatic amines is 1. The first-order valence-corrected chi connectivity index (χ1v) is 11.4. The second kappa shape index (κ2) is 9.32. The molecule has 1 saturated carbocycles. The summed E-state index contributed by atoms with van der Waals surface area (Å²) in [4.78, 5) is 27.4. The molecule has 3 aromatic rings. The Bertz CT molecular complexity index is 1170. The fraction of sp³-hybridized carbons (Fsp3) is 0.360. The molecule has 2 aliphatic rings. The summed E-state index contributed by atoms with van der Waals surface area (Å²) in [5.74, 6) is -0.896. The number of aromatic nitrogens is 3. The van der Waals surface area contributed by atoms with Gasteiger partial charge in [0, 0.05) is 6.42 Å².